The molecule has 6 heteroatoms. The van der Waals surface area contributed by atoms with Crippen molar-refractivity contribution in [1.29, 1.82) is 0 Å². The van der Waals surface area contributed by atoms with E-state index in [0.717, 1.165) is 25.7 Å². The molecule has 6 nitrogen and oxygen atoms in total. The van der Waals surface area contributed by atoms with Crippen LogP contribution < -0.4 is 4.74 Å². The van der Waals surface area contributed by atoms with Gasteiger partial charge in [0.25, 0.3) is 0 Å². The fraction of sp³-hybridized carbons (Fsp3) is 0.500. The second-order valence-corrected chi connectivity index (χ2v) is 5.33. The van der Waals surface area contributed by atoms with E-state index in [2.05, 4.69) is 6.92 Å². The van der Waals surface area contributed by atoms with E-state index in [1.165, 1.54) is 19.1 Å². The molecule has 0 unspecified atom stereocenters. The Labute approximate surface area is 142 Å². The molecular weight excluding hydrogens is 312 g/mol. The Morgan fingerprint density at radius 3 is 2.21 bits per heavy atom. The summed E-state index contributed by atoms with van der Waals surface area (Å²) in [5.41, 5.74) is 0.535. The molecule has 0 spiro atoms. The van der Waals surface area contributed by atoms with Crippen LogP contribution in [0.25, 0.3) is 0 Å². The van der Waals surface area contributed by atoms with Crippen molar-refractivity contribution in [2.75, 3.05) is 19.8 Å². The molecule has 24 heavy (non-hydrogen) atoms. The average molecular weight is 336 g/mol. The quantitative estimate of drug-likeness (QED) is 0.267. The third-order valence-corrected chi connectivity index (χ3v) is 3.19. The SMILES string of the molecule is CCCCCCOC(=O)COCC(=O)Oc1ccc(C(C)=O)cc1. The van der Waals surface area contributed by atoms with Crippen molar-refractivity contribution in [2.45, 2.75) is 39.5 Å². The van der Waals surface area contributed by atoms with Crippen LogP contribution in [-0.4, -0.2) is 37.5 Å². The molecule has 0 amide bonds. The predicted octanol–water partition coefficient (Wildman–Crippen LogP) is 2.93. The van der Waals surface area contributed by atoms with Crippen molar-refractivity contribution in [2.24, 2.45) is 0 Å². The van der Waals surface area contributed by atoms with E-state index in [9.17, 15) is 14.4 Å². The van der Waals surface area contributed by atoms with Crippen molar-refractivity contribution in [3.05, 3.63) is 29.8 Å². The minimum absolute atomic E-state index is 0.0654. The molecule has 0 saturated carbocycles. The summed E-state index contributed by atoms with van der Waals surface area (Å²) in [6.07, 6.45) is 4.10. The first-order chi connectivity index (χ1) is 11.5. The van der Waals surface area contributed by atoms with Gasteiger partial charge in [-0.15, -0.1) is 0 Å². The number of carbonyl (C=O) groups excluding carboxylic acids is 3. The molecule has 132 valence electrons. The number of Topliss-reactive ketones (excluding diaryl/α,β-unsaturated/α-hetero) is 1. The summed E-state index contributed by atoms with van der Waals surface area (Å²) in [6.45, 7) is 3.30. The highest BCUT2D eigenvalue weighted by atomic mass is 16.6. The van der Waals surface area contributed by atoms with Gasteiger partial charge in [0.2, 0.25) is 0 Å². The van der Waals surface area contributed by atoms with E-state index in [-0.39, 0.29) is 19.0 Å². The van der Waals surface area contributed by atoms with E-state index >= 15 is 0 Å². The van der Waals surface area contributed by atoms with Gasteiger partial charge in [0, 0.05) is 5.56 Å². The summed E-state index contributed by atoms with van der Waals surface area (Å²) >= 11 is 0. The Bertz CT molecular complexity index is 535. The highest BCUT2D eigenvalue weighted by molar-refractivity contribution is 5.94. The van der Waals surface area contributed by atoms with Gasteiger partial charge >= 0.3 is 11.9 Å². The van der Waals surface area contributed by atoms with Gasteiger partial charge in [-0.05, 0) is 37.6 Å². The minimum Gasteiger partial charge on any atom is -0.464 e. The third kappa shape index (κ3) is 8.43. The number of ketones is 1. The molecular formula is C18H24O6. The molecule has 0 bridgehead atoms. The molecule has 0 fully saturated rings. The summed E-state index contributed by atoms with van der Waals surface area (Å²) in [5, 5.41) is 0. The Balaban J connectivity index is 2.17. The monoisotopic (exact) mass is 336 g/mol. The van der Waals surface area contributed by atoms with Crippen molar-refractivity contribution >= 4 is 17.7 Å². The standard InChI is InChI=1S/C18H24O6/c1-3-4-5-6-11-23-17(20)12-22-13-18(21)24-16-9-7-15(8-10-16)14(2)19/h7-10H,3-6,11-13H2,1-2H3. The zero-order valence-corrected chi connectivity index (χ0v) is 14.2. The molecule has 1 aromatic carbocycles. The van der Waals surface area contributed by atoms with Crippen LogP contribution in [0.3, 0.4) is 0 Å². The van der Waals surface area contributed by atoms with E-state index in [1.54, 1.807) is 12.1 Å². The maximum Gasteiger partial charge on any atom is 0.337 e. The Morgan fingerprint density at radius 1 is 0.917 bits per heavy atom. The number of ether oxygens (including phenoxy) is 3. The first-order valence-electron chi connectivity index (χ1n) is 8.08. The van der Waals surface area contributed by atoms with Crippen molar-refractivity contribution in [1.82, 2.24) is 0 Å². The van der Waals surface area contributed by atoms with Crippen molar-refractivity contribution in [3.8, 4) is 5.75 Å². The zero-order valence-electron chi connectivity index (χ0n) is 14.2. The highest BCUT2D eigenvalue weighted by Crippen LogP contribution is 2.12. The lowest BCUT2D eigenvalue weighted by Crippen LogP contribution is -2.20. The Kier molecular flexibility index (Phi) is 9.38. The summed E-state index contributed by atoms with van der Waals surface area (Å²) in [4.78, 5) is 34.1. The van der Waals surface area contributed by atoms with Gasteiger partial charge in [-0.1, -0.05) is 26.2 Å². The molecule has 0 aromatic heterocycles. The third-order valence-electron chi connectivity index (χ3n) is 3.19. The molecule has 0 N–H and O–H groups in total. The molecule has 0 atom stereocenters. The summed E-state index contributed by atoms with van der Waals surface area (Å²) < 4.78 is 15.0. The van der Waals surface area contributed by atoms with Crippen molar-refractivity contribution in [3.63, 3.8) is 0 Å². The number of carbonyl (C=O) groups is 3. The smallest absolute Gasteiger partial charge is 0.337 e. The predicted molar refractivity (Wildman–Crippen MR) is 88.0 cm³/mol. The first kappa shape index (κ1) is 19.8. The lowest BCUT2D eigenvalue weighted by Gasteiger charge is -2.07. The molecule has 0 heterocycles. The number of benzene rings is 1. The molecule has 1 rings (SSSR count). The van der Waals surface area contributed by atoms with E-state index in [0.29, 0.717) is 17.9 Å². The Morgan fingerprint density at radius 2 is 1.58 bits per heavy atom. The van der Waals surface area contributed by atoms with Crippen molar-refractivity contribution < 1.29 is 28.6 Å². The maximum absolute atomic E-state index is 11.6. The molecule has 0 aliphatic carbocycles. The lowest BCUT2D eigenvalue weighted by atomic mass is 10.1. The number of hydrogen-bond acceptors (Lipinski definition) is 6. The second kappa shape index (κ2) is 11.3. The van der Waals surface area contributed by atoms with Crippen LogP contribution in [0.4, 0.5) is 0 Å². The second-order valence-electron chi connectivity index (χ2n) is 5.33. The minimum atomic E-state index is -0.624. The molecule has 0 saturated heterocycles. The summed E-state index contributed by atoms with van der Waals surface area (Å²) in [7, 11) is 0. The van der Waals surface area contributed by atoms with Gasteiger partial charge < -0.3 is 14.2 Å². The molecule has 0 aliphatic heterocycles. The largest absolute Gasteiger partial charge is 0.464 e. The van der Waals surface area contributed by atoms with Gasteiger partial charge in [0.1, 0.15) is 19.0 Å². The number of unbranched alkanes of at least 4 members (excludes halogenated alkanes) is 3. The summed E-state index contributed by atoms with van der Waals surface area (Å²) in [5.74, 6) is -0.872. The van der Waals surface area contributed by atoms with Crippen LogP contribution in [0, 0.1) is 0 Å². The molecule has 1 aromatic rings. The Hall–Kier alpha value is -2.21. The van der Waals surface area contributed by atoms with Crippen LogP contribution >= 0.6 is 0 Å². The zero-order chi connectivity index (χ0) is 17.8. The van der Waals surface area contributed by atoms with E-state index in [1.807, 2.05) is 0 Å². The maximum atomic E-state index is 11.6. The topological polar surface area (TPSA) is 78.9 Å². The fourth-order valence-corrected chi connectivity index (χ4v) is 1.89. The normalized spacial score (nSPS) is 10.2. The molecule has 0 radical (unpaired) electrons. The van der Waals surface area contributed by atoms with Gasteiger partial charge in [0.15, 0.2) is 5.78 Å². The summed E-state index contributed by atoms with van der Waals surface area (Å²) in [6, 6.07) is 6.20. The number of hydrogen-bond donors (Lipinski definition) is 0. The van der Waals surface area contributed by atoms with Gasteiger partial charge in [-0.2, -0.15) is 0 Å². The number of rotatable bonds is 11. The fourth-order valence-electron chi connectivity index (χ4n) is 1.89. The first-order valence-corrected chi connectivity index (χ1v) is 8.08. The van der Waals surface area contributed by atoms with Crippen LogP contribution in [0.2, 0.25) is 0 Å². The van der Waals surface area contributed by atoms with Gasteiger partial charge in [-0.3, -0.25) is 4.79 Å². The van der Waals surface area contributed by atoms with Crippen LogP contribution in [0.1, 0.15) is 49.9 Å². The average Bonchev–Trinajstić information content (AvgIpc) is 2.55. The molecule has 0 aliphatic rings. The van der Waals surface area contributed by atoms with E-state index < -0.39 is 11.9 Å². The highest BCUT2D eigenvalue weighted by Gasteiger charge is 2.09. The van der Waals surface area contributed by atoms with Crippen LogP contribution in [-0.2, 0) is 19.1 Å². The van der Waals surface area contributed by atoms with Crippen LogP contribution in [0.5, 0.6) is 5.75 Å². The van der Waals surface area contributed by atoms with E-state index in [4.69, 9.17) is 14.2 Å². The lowest BCUT2D eigenvalue weighted by molar-refractivity contribution is -0.152. The van der Waals surface area contributed by atoms with Gasteiger partial charge in [0.05, 0.1) is 6.61 Å². The number of esters is 2. The van der Waals surface area contributed by atoms with Gasteiger partial charge in [-0.25, -0.2) is 9.59 Å². The van der Waals surface area contributed by atoms with Crippen LogP contribution in [0.15, 0.2) is 24.3 Å².